The smallest absolute Gasteiger partial charge is 0.307 e. The second-order valence-electron chi connectivity index (χ2n) is 6.43. The van der Waals surface area contributed by atoms with E-state index < -0.39 is 5.97 Å². The number of aromatic amines is 1. The molecule has 1 aromatic heterocycles. The van der Waals surface area contributed by atoms with Gasteiger partial charge >= 0.3 is 5.97 Å². The molecule has 0 bridgehead atoms. The van der Waals surface area contributed by atoms with Crippen LogP contribution in [0.15, 0.2) is 30.5 Å². The Morgan fingerprint density at radius 3 is 2.61 bits per heavy atom. The van der Waals surface area contributed by atoms with Gasteiger partial charge in [0.1, 0.15) is 0 Å². The van der Waals surface area contributed by atoms with E-state index in [-0.39, 0.29) is 5.92 Å². The first-order valence-electron chi connectivity index (χ1n) is 8.00. The molecule has 23 heavy (non-hydrogen) atoms. The number of carbonyl (C=O) groups is 1. The molecule has 0 aliphatic rings. The van der Waals surface area contributed by atoms with Crippen molar-refractivity contribution in [2.75, 3.05) is 6.54 Å². The van der Waals surface area contributed by atoms with Crippen LogP contribution in [-0.2, 0) is 11.3 Å². The van der Waals surface area contributed by atoms with Crippen LogP contribution in [0.5, 0.6) is 0 Å². The van der Waals surface area contributed by atoms with Crippen LogP contribution >= 0.6 is 0 Å². The number of nitrogens with zero attached hydrogens (tertiary/aromatic N) is 1. The Bertz CT molecular complexity index is 632. The molecule has 0 saturated carbocycles. The van der Waals surface area contributed by atoms with Crippen molar-refractivity contribution < 1.29 is 9.90 Å². The molecule has 0 amide bonds. The number of benzene rings is 1. The van der Waals surface area contributed by atoms with E-state index >= 15 is 0 Å². The number of hydrogen-bond donors (Lipinski definition) is 3. The van der Waals surface area contributed by atoms with Crippen LogP contribution in [0, 0.1) is 18.8 Å². The fraction of sp³-hybridized carbons (Fsp3) is 0.444. The van der Waals surface area contributed by atoms with Gasteiger partial charge in [-0.05, 0) is 24.8 Å². The first-order valence-corrected chi connectivity index (χ1v) is 8.00. The van der Waals surface area contributed by atoms with E-state index in [2.05, 4.69) is 46.7 Å². The molecule has 1 aromatic carbocycles. The average molecular weight is 315 g/mol. The highest BCUT2D eigenvalue weighted by molar-refractivity contribution is 5.70. The highest BCUT2D eigenvalue weighted by Gasteiger charge is 2.18. The fourth-order valence-corrected chi connectivity index (χ4v) is 2.64. The third kappa shape index (κ3) is 4.93. The first kappa shape index (κ1) is 17.2. The van der Waals surface area contributed by atoms with Crippen LogP contribution in [0.3, 0.4) is 0 Å². The third-order valence-corrected chi connectivity index (χ3v) is 3.87. The maximum atomic E-state index is 11.3. The summed E-state index contributed by atoms with van der Waals surface area (Å²) in [5.41, 5.74) is 4.32. The highest BCUT2D eigenvalue weighted by Crippen LogP contribution is 2.21. The Morgan fingerprint density at radius 1 is 1.30 bits per heavy atom. The quantitative estimate of drug-likeness (QED) is 0.699. The molecule has 1 atom stereocenters. The second-order valence-corrected chi connectivity index (χ2v) is 6.43. The SMILES string of the molecule is Cc1ccc(-c2[nH]ncc2CNCC(CC(C)C)C(=O)O)cc1. The van der Waals surface area contributed by atoms with Gasteiger partial charge in [0.05, 0.1) is 17.8 Å². The van der Waals surface area contributed by atoms with Gasteiger partial charge in [-0.3, -0.25) is 9.89 Å². The summed E-state index contributed by atoms with van der Waals surface area (Å²) < 4.78 is 0. The van der Waals surface area contributed by atoms with Gasteiger partial charge in [-0.2, -0.15) is 5.10 Å². The lowest BCUT2D eigenvalue weighted by atomic mass is 9.97. The summed E-state index contributed by atoms with van der Waals surface area (Å²) in [6, 6.07) is 8.25. The zero-order valence-corrected chi connectivity index (χ0v) is 14.0. The van der Waals surface area contributed by atoms with Crippen LogP contribution in [0.1, 0.15) is 31.4 Å². The summed E-state index contributed by atoms with van der Waals surface area (Å²) in [7, 11) is 0. The molecule has 1 unspecified atom stereocenters. The molecule has 0 aliphatic heterocycles. The molecule has 5 nitrogen and oxygen atoms in total. The van der Waals surface area contributed by atoms with Crippen molar-refractivity contribution in [2.45, 2.75) is 33.7 Å². The average Bonchev–Trinajstić information content (AvgIpc) is 2.95. The zero-order chi connectivity index (χ0) is 16.8. The van der Waals surface area contributed by atoms with Crippen molar-refractivity contribution in [3.63, 3.8) is 0 Å². The van der Waals surface area contributed by atoms with Gasteiger partial charge in [0.15, 0.2) is 0 Å². The molecule has 124 valence electrons. The van der Waals surface area contributed by atoms with E-state index in [9.17, 15) is 9.90 Å². The van der Waals surface area contributed by atoms with E-state index in [0.717, 1.165) is 16.8 Å². The van der Waals surface area contributed by atoms with Crippen molar-refractivity contribution in [1.29, 1.82) is 0 Å². The van der Waals surface area contributed by atoms with Gasteiger partial charge in [-0.15, -0.1) is 0 Å². The summed E-state index contributed by atoms with van der Waals surface area (Å²) in [4.78, 5) is 11.3. The lowest BCUT2D eigenvalue weighted by Gasteiger charge is -2.15. The molecule has 3 N–H and O–H groups in total. The Kier molecular flexibility index (Phi) is 5.93. The van der Waals surface area contributed by atoms with Gasteiger partial charge in [-0.1, -0.05) is 43.7 Å². The van der Waals surface area contributed by atoms with E-state index in [1.807, 2.05) is 13.8 Å². The first-order chi connectivity index (χ1) is 11.0. The van der Waals surface area contributed by atoms with E-state index in [1.165, 1.54) is 5.56 Å². The zero-order valence-electron chi connectivity index (χ0n) is 14.0. The maximum Gasteiger partial charge on any atom is 0.307 e. The van der Waals surface area contributed by atoms with Crippen LogP contribution in [0.4, 0.5) is 0 Å². The number of carboxylic acid groups (broad SMARTS) is 1. The minimum Gasteiger partial charge on any atom is -0.481 e. The molecule has 0 saturated heterocycles. The maximum absolute atomic E-state index is 11.3. The van der Waals surface area contributed by atoms with Gasteiger partial charge in [0, 0.05) is 18.7 Å². The Balaban J connectivity index is 1.98. The summed E-state index contributed by atoms with van der Waals surface area (Å²) >= 11 is 0. The highest BCUT2D eigenvalue weighted by atomic mass is 16.4. The van der Waals surface area contributed by atoms with E-state index in [1.54, 1.807) is 6.20 Å². The lowest BCUT2D eigenvalue weighted by Crippen LogP contribution is -2.29. The number of H-pyrrole nitrogens is 1. The number of carboxylic acids is 1. The van der Waals surface area contributed by atoms with Crippen molar-refractivity contribution in [3.05, 3.63) is 41.6 Å². The number of aryl methyl sites for hydroxylation is 1. The summed E-state index contributed by atoms with van der Waals surface area (Å²) in [6.07, 6.45) is 2.47. The van der Waals surface area contributed by atoms with Crippen molar-refractivity contribution in [3.8, 4) is 11.3 Å². The summed E-state index contributed by atoms with van der Waals surface area (Å²) in [5.74, 6) is -0.725. The third-order valence-electron chi connectivity index (χ3n) is 3.87. The predicted octanol–water partition coefficient (Wildman–Crippen LogP) is 3.22. The molecular formula is C18H25N3O2. The molecule has 1 heterocycles. The van der Waals surface area contributed by atoms with Crippen molar-refractivity contribution in [2.24, 2.45) is 11.8 Å². The normalized spacial score (nSPS) is 12.5. The van der Waals surface area contributed by atoms with Crippen LogP contribution in [0.25, 0.3) is 11.3 Å². The van der Waals surface area contributed by atoms with E-state index in [4.69, 9.17) is 0 Å². The Labute approximate surface area is 137 Å². The van der Waals surface area contributed by atoms with Gasteiger partial charge in [0.2, 0.25) is 0 Å². The van der Waals surface area contributed by atoms with Crippen LogP contribution in [0.2, 0.25) is 0 Å². The number of aliphatic carboxylic acids is 1. The molecule has 0 spiro atoms. The molecule has 2 aromatic rings. The molecule has 2 rings (SSSR count). The molecule has 0 fully saturated rings. The summed E-state index contributed by atoms with van der Waals surface area (Å²) in [6.45, 7) is 7.20. The number of hydrogen-bond acceptors (Lipinski definition) is 3. The fourth-order valence-electron chi connectivity index (χ4n) is 2.64. The van der Waals surface area contributed by atoms with Crippen molar-refractivity contribution >= 4 is 5.97 Å². The number of nitrogens with one attached hydrogen (secondary N) is 2. The Hall–Kier alpha value is -2.14. The van der Waals surface area contributed by atoms with Crippen LogP contribution < -0.4 is 5.32 Å². The number of aromatic nitrogens is 2. The topological polar surface area (TPSA) is 78.0 Å². The van der Waals surface area contributed by atoms with E-state index in [0.29, 0.717) is 25.4 Å². The Morgan fingerprint density at radius 2 is 2.00 bits per heavy atom. The molecule has 0 radical (unpaired) electrons. The molecule has 0 aliphatic carbocycles. The minimum atomic E-state index is -0.739. The minimum absolute atomic E-state index is 0.357. The number of rotatable bonds is 8. The summed E-state index contributed by atoms with van der Waals surface area (Å²) in [5, 5.41) is 19.7. The monoisotopic (exact) mass is 315 g/mol. The second kappa shape index (κ2) is 7.92. The predicted molar refractivity (Wildman–Crippen MR) is 91.0 cm³/mol. The molecular weight excluding hydrogens is 290 g/mol. The van der Waals surface area contributed by atoms with Crippen molar-refractivity contribution in [1.82, 2.24) is 15.5 Å². The van der Waals surface area contributed by atoms with Crippen LogP contribution in [-0.4, -0.2) is 27.8 Å². The largest absolute Gasteiger partial charge is 0.481 e. The lowest BCUT2D eigenvalue weighted by molar-refractivity contribution is -0.142. The van der Waals surface area contributed by atoms with Gasteiger partial charge in [0.25, 0.3) is 0 Å². The standard InChI is InChI=1S/C18H25N3O2/c1-12(2)8-15(18(22)23)9-19-10-16-11-20-21-17(16)14-6-4-13(3)5-7-14/h4-7,11-12,15,19H,8-10H2,1-3H3,(H,20,21)(H,22,23). The van der Waals surface area contributed by atoms with Gasteiger partial charge < -0.3 is 10.4 Å². The molecule has 5 heteroatoms. The van der Waals surface area contributed by atoms with Gasteiger partial charge in [-0.25, -0.2) is 0 Å².